The Balaban J connectivity index is 2.10. The molecule has 0 radical (unpaired) electrons. The molecule has 4 nitrogen and oxygen atoms in total. The van der Waals surface area contributed by atoms with Crippen LogP contribution in [0.25, 0.3) is 0 Å². The van der Waals surface area contributed by atoms with E-state index in [0.717, 1.165) is 15.9 Å². The lowest BCUT2D eigenvalue weighted by atomic mass is 10.2. The van der Waals surface area contributed by atoms with Crippen molar-refractivity contribution in [2.24, 2.45) is 0 Å². The van der Waals surface area contributed by atoms with Crippen LogP contribution in [-0.4, -0.2) is 29.9 Å². The fourth-order valence-corrected chi connectivity index (χ4v) is 2.25. The first-order valence-electron chi connectivity index (χ1n) is 6.24. The first-order chi connectivity index (χ1) is 9.61. The maximum atomic E-state index is 12.3. The summed E-state index contributed by atoms with van der Waals surface area (Å²) in [5, 5.41) is 2.93. The summed E-state index contributed by atoms with van der Waals surface area (Å²) in [7, 11) is 3.58. The van der Waals surface area contributed by atoms with Crippen molar-refractivity contribution in [3.8, 4) is 0 Å². The Morgan fingerprint density at radius 3 is 2.65 bits per heavy atom. The molecule has 0 spiro atoms. The van der Waals surface area contributed by atoms with Gasteiger partial charge >= 0.3 is 0 Å². The van der Waals surface area contributed by atoms with Crippen LogP contribution in [-0.2, 0) is 6.54 Å². The van der Waals surface area contributed by atoms with E-state index in [0.29, 0.717) is 12.1 Å². The Labute approximate surface area is 127 Å². The van der Waals surface area contributed by atoms with Crippen LogP contribution < -0.4 is 5.32 Å². The highest BCUT2D eigenvalue weighted by Gasteiger charge is 2.13. The zero-order valence-corrected chi connectivity index (χ0v) is 13.0. The molecule has 0 saturated carbocycles. The van der Waals surface area contributed by atoms with E-state index in [1.165, 1.54) is 0 Å². The zero-order chi connectivity index (χ0) is 14.5. The number of benzene rings is 1. The van der Waals surface area contributed by atoms with Gasteiger partial charge in [-0.15, -0.1) is 0 Å². The zero-order valence-electron chi connectivity index (χ0n) is 11.4. The van der Waals surface area contributed by atoms with E-state index < -0.39 is 0 Å². The Morgan fingerprint density at radius 1 is 1.30 bits per heavy atom. The number of rotatable bonds is 4. The van der Waals surface area contributed by atoms with Crippen molar-refractivity contribution in [3.63, 3.8) is 0 Å². The summed E-state index contributed by atoms with van der Waals surface area (Å²) in [4.78, 5) is 18.1. The van der Waals surface area contributed by atoms with Crippen LogP contribution in [0.4, 0.5) is 5.82 Å². The lowest BCUT2D eigenvalue weighted by Crippen LogP contribution is -2.26. The summed E-state index contributed by atoms with van der Waals surface area (Å²) >= 11 is 3.49. The molecule has 1 aromatic heterocycles. The van der Waals surface area contributed by atoms with E-state index in [1.54, 1.807) is 37.3 Å². The number of anilines is 1. The second kappa shape index (κ2) is 6.52. The van der Waals surface area contributed by atoms with Gasteiger partial charge in [-0.25, -0.2) is 4.98 Å². The molecular formula is C15H16BrN3O. The second-order valence-electron chi connectivity index (χ2n) is 4.43. The number of carbonyl (C=O) groups excluding carboxylic acids is 1. The fourth-order valence-electron chi connectivity index (χ4n) is 1.84. The van der Waals surface area contributed by atoms with Gasteiger partial charge in [-0.05, 0) is 23.8 Å². The van der Waals surface area contributed by atoms with Crippen molar-refractivity contribution in [3.05, 3.63) is 58.2 Å². The van der Waals surface area contributed by atoms with Crippen molar-refractivity contribution in [2.45, 2.75) is 6.54 Å². The van der Waals surface area contributed by atoms with Gasteiger partial charge in [-0.2, -0.15) is 0 Å². The van der Waals surface area contributed by atoms with Gasteiger partial charge in [-0.3, -0.25) is 4.79 Å². The van der Waals surface area contributed by atoms with E-state index in [-0.39, 0.29) is 5.91 Å². The average Bonchev–Trinajstić information content (AvgIpc) is 2.49. The smallest absolute Gasteiger partial charge is 0.255 e. The molecule has 0 bridgehead atoms. The SMILES string of the molecule is CNc1ccc(C(=O)N(C)Cc2ccccc2Br)cn1. The molecule has 0 aliphatic carbocycles. The van der Waals surface area contributed by atoms with Crippen LogP contribution in [0.3, 0.4) is 0 Å². The van der Waals surface area contributed by atoms with Crippen molar-refractivity contribution >= 4 is 27.7 Å². The summed E-state index contributed by atoms with van der Waals surface area (Å²) in [5.74, 6) is 0.700. The molecule has 20 heavy (non-hydrogen) atoms. The summed E-state index contributed by atoms with van der Waals surface area (Å²) in [6.07, 6.45) is 1.59. The van der Waals surface area contributed by atoms with Crippen molar-refractivity contribution < 1.29 is 4.79 Å². The molecule has 0 aliphatic rings. The molecule has 0 fully saturated rings. The fraction of sp³-hybridized carbons (Fsp3) is 0.200. The molecule has 0 atom stereocenters. The predicted molar refractivity (Wildman–Crippen MR) is 83.7 cm³/mol. The number of nitrogens with zero attached hydrogens (tertiary/aromatic N) is 2. The van der Waals surface area contributed by atoms with Gasteiger partial charge in [0.1, 0.15) is 5.82 Å². The van der Waals surface area contributed by atoms with Crippen molar-refractivity contribution in [1.29, 1.82) is 0 Å². The molecule has 0 unspecified atom stereocenters. The van der Waals surface area contributed by atoms with Crippen LogP contribution in [0.2, 0.25) is 0 Å². The molecule has 1 amide bonds. The maximum absolute atomic E-state index is 12.3. The van der Waals surface area contributed by atoms with Crippen molar-refractivity contribution in [2.75, 3.05) is 19.4 Å². The molecule has 2 rings (SSSR count). The van der Waals surface area contributed by atoms with E-state index >= 15 is 0 Å². The minimum absolute atomic E-state index is 0.0455. The van der Waals surface area contributed by atoms with Gasteiger partial charge in [0.25, 0.3) is 5.91 Å². The lowest BCUT2D eigenvalue weighted by molar-refractivity contribution is 0.0784. The van der Waals surface area contributed by atoms with Gasteiger partial charge in [0.15, 0.2) is 0 Å². The second-order valence-corrected chi connectivity index (χ2v) is 5.29. The van der Waals surface area contributed by atoms with Gasteiger partial charge < -0.3 is 10.2 Å². The highest BCUT2D eigenvalue weighted by molar-refractivity contribution is 9.10. The molecule has 0 saturated heterocycles. The van der Waals surface area contributed by atoms with Gasteiger partial charge in [0, 0.05) is 31.3 Å². The number of hydrogen-bond acceptors (Lipinski definition) is 3. The molecule has 104 valence electrons. The molecule has 1 heterocycles. The molecule has 0 aliphatic heterocycles. The highest BCUT2D eigenvalue weighted by Crippen LogP contribution is 2.18. The van der Waals surface area contributed by atoms with E-state index in [9.17, 15) is 4.79 Å². The molecule has 2 aromatic rings. The third-order valence-corrected chi connectivity index (χ3v) is 3.75. The lowest BCUT2D eigenvalue weighted by Gasteiger charge is -2.18. The van der Waals surface area contributed by atoms with E-state index in [1.807, 2.05) is 24.3 Å². The van der Waals surface area contributed by atoms with Gasteiger partial charge in [0.05, 0.1) is 5.56 Å². The van der Waals surface area contributed by atoms with Crippen LogP contribution in [0.1, 0.15) is 15.9 Å². The number of hydrogen-bond donors (Lipinski definition) is 1. The number of carbonyl (C=O) groups is 1. The van der Waals surface area contributed by atoms with Crippen LogP contribution in [0, 0.1) is 0 Å². The monoisotopic (exact) mass is 333 g/mol. The largest absolute Gasteiger partial charge is 0.373 e. The Hall–Kier alpha value is -1.88. The molecule has 5 heteroatoms. The highest BCUT2D eigenvalue weighted by atomic mass is 79.9. The Bertz CT molecular complexity index is 598. The standard InChI is InChI=1S/C15H16BrN3O/c1-17-14-8-7-11(9-18-14)15(20)19(2)10-12-5-3-4-6-13(12)16/h3-9H,10H2,1-2H3,(H,17,18). The Kier molecular flexibility index (Phi) is 4.74. The first kappa shape index (κ1) is 14.5. The summed E-state index contributed by atoms with van der Waals surface area (Å²) < 4.78 is 1.00. The third-order valence-electron chi connectivity index (χ3n) is 2.98. The number of amides is 1. The predicted octanol–water partition coefficient (Wildman–Crippen LogP) is 3.16. The number of pyridine rings is 1. The molecular weight excluding hydrogens is 318 g/mol. The van der Waals surface area contributed by atoms with Crippen molar-refractivity contribution in [1.82, 2.24) is 9.88 Å². The number of halogens is 1. The summed E-state index contributed by atoms with van der Waals surface area (Å²) in [6, 6.07) is 11.4. The summed E-state index contributed by atoms with van der Waals surface area (Å²) in [6.45, 7) is 0.550. The van der Waals surface area contributed by atoms with Gasteiger partial charge in [-0.1, -0.05) is 34.1 Å². The average molecular weight is 334 g/mol. The van der Waals surface area contributed by atoms with E-state index in [2.05, 4.69) is 26.2 Å². The third kappa shape index (κ3) is 3.36. The van der Waals surface area contributed by atoms with Gasteiger partial charge in [0.2, 0.25) is 0 Å². The van der Waals surface area contributed by atoms with Crippen LogP contribution in [0.5, 0.6) is 0 Å². The number of aromatic nitrogens is 1. The molecule has 1 aromatic carbocycles. The Morgan fingerprint density at radius 2 is 2.05 bits per heavy atom. The van der Waals surface area contributed by atoms with Crippen LogP contribution >= 0.6 is 15.9 Å². The summed E-state index contributed by atoms with van der Waals surface area (Å²) in [5.41, 5.74) is 1.65. The minimum atomic E-state index is -0.0455. The first-order valence-corrected chi connectivity index (χ1v) is 7.04. The minimum Gasteiger partial charge on any atom is -0.373 e. The number of nitrogens with one attached hydrogen (secondary N) is 1. The normalized spacial score (nSPS) is 10.2. The quantitative estimate of drug-likeness (QED) is 0.934. The maximum Gasteiger partial charge on any atom is 0.255 e. The molecule has 1 N–H and O–H groups in total. The van der Waals surface area contributed by atoms with Crippen LogP contribution in [0.15, 0.2) is 47.1 Å². The topological polar surface area (TPSA) is 45.2 Å². The van der Waals surface area contributed by atoms with E-state index in [4.69, 9.17) is 0 Å².